The van der Waals surface area contributed by atoms with Crippen molar-refractivity contribution >= 4 is 0 Å². The van der Waals surface area contributed by atoms with Crippen molar-refractivity contribution in [3.63, 3.8) is 0 Å². The molecule has 0 spiro atoms. The molecule has 0 radical (unpaired) electrons. The Labute approximate surface area is 102 Å². The van der Waals surface area contributed by atoms with E-state index in [4.69, 9.17) is 4.42 Å². The van der Waals surface area contributed by atoms with Crippen molar-refractivity contribution in [2.45, 2.75) is 26.8 Å². The van der Waals surface area contributed by atoms with Crippen molar-refractivity contribution in [1.29, 1.82) is 0 Å². The lowest BCUT2D eigenvalue weighted by atomic mass is 10.0. The van der Waals surface area contributed by atoms with E-state index < -0.39 is 0 Å². The molecule has 90 valence electrons. The van der Waals surface area contributed by atoms with Crippen molar-refractivity contribution in [3.05, 3.63) is 53.2 Å². The van der Waals surface area contributed by atoms with E-state index in [1.807, 2.05) is 37.5 Å². The second-order valence-corrected chi connectivity index (χ2v) is 4.17. The highest BCUT2D eigenvalue weighted by Gasteiger charge is 2.18. The van der Waals surface area contributed by atoms with E-state index in [1.54, 1.807) is 0 Å². The van der Waals surface area contributed by atoms with Crippen molar-refractivity contribution in [3.8, 4) is 0 Å². The minimum Gasteiger partial charge on any atom is -0.464 e. The second-order valence-electron chi connectivity index (χ2n) is 4.17. The highest BCUT2D eigenvalue weighted by Crippen LogP contribution is 2.25. The fourth-order valence-corrected chi connectivity index (χ4v) is 1.95. The lowest BCUT2D eigenvalue weighted by Gasteiger charge is -2.17. The van der Waals surface area contributed by atoms with Crippen LogP contribution < -0.4 is 5.32 Å². The van der Waals surface area contributed by atoms with Gasteiger partial charge in [0.1, 0.15) is 11.5 Å². The van der Waals surface area contributed by atoms with Crippen LogP contribution in [0.3, 0.4) is 0 Å². The third-order valence-corrected chi connectivity index (χ3v) is 2.84. The van der Waals surface area contributed by atoms with Gasteiger partial charge in [-0.3, -0.25) is 4.98 Å². The Hall–Kier alpha value is -1.61. The normalized spacial score (nSPS) is 12.6. The Bertz CT molecular complexity index is 490. The summed E-state index contributed by atoms with van der Waals surface area (Å²) >= 11 is 0. The Kier molecular flexibility index (Phi) is 3.59. The van der Waals surface area contributed by atoms with Gasteiger partial charge < -0.3 is 9.73 Å². The van der Waals surface area contributed by atoms with Crippen molar-refractivity contribution < 1.29 is 4.42 Å². The van der Waals surface area contributed by atoms with Crippen LogP contribution in [0.1, 0.15) is 35.6 Å². The van der Waals surface area contributed by atoms with Gasteiger partial charge in [-0.05, 0) is 49.7 Å². The zero-order valence-corrected chi connectivity index (χ0v) is 10.5. The number of pyridine rings is 1. The fourth-order valence-electron chi connectivity index (χ4n) is 1.95. The summed E-state index contributed by atoms with van der Waals surface area (Å²) in [4.78, 5) is 4.20. The van der Waals surface area contributed by atoms with Crippen LogP contribution in [0.4, 0.5) is 0 Å². The van der Waals surface area contributed by atoms with Crippen molar-refractivity contribution in [2.75, 3.05) is 6.54 Å². The quantitative estimate of drug-likeness (QED) is 0.877. The monoisotopic (exact) mass is 230 g/mol. The van der Waals surface area contributed by atoms with Crippen LogP contribution in [0.2, 0.25) is 0 Å². The second kappa shape index (κ2) is 5.15. The zero-order chi connectivity index (χ0) is 12.3. The molecule has 2 heterocycles. The van der Waals surface area contributed by atoms with E-state index in [-0.39, 0.29) is 6.04 Å². The lowest BCUT2D eigenvalue weighted by Crippen LogP contribution is -2.22. The summed E-state index contributed by atoms with van der Waals surface area (Å²) in [6.07, 6.45) is 3.72. The van der Waals surface area contributed by atoms with E-state index in [9.17, 15) is 0 Å². The molecule has 0 aliphatic heterocycles. The average Bonchev–Trinajstić information content (AvgIpc) is 2.74. The first-order chi connectivity index (χ1) is 8.22. The number of nitrogens with one attached hydrogen (secondary N) is 1. The third-order valence-electron chi connectivity index (χ3n) is 2.84. The van der Waals surface area contributed by atoms with E-state index >= 15 is 0 Å². The topological polar surface area (TPSA) is 38.1 Å². The molecular formula is C14H18N2O. The maximum Gasteiger partial charge on any atom is 0.125 e. The zero-order valence-electron chi connectivity index (χ0n) is 10.5. The van der Waals surface area contributed by atoms with Gasteiger partial charge in [0.15, 0.2) is 0 Å². The van der Waals surface area contributed by atoms with Crippen LogP contribution in [-0.2, 0) is 0 Å². The van der Waals surface area contributed by atoms with Gasteiger partial charge in [0, 0.05) is 12.4 Å². The number of rotatable bonds is 4. The summed E-state index contributed by atoms with van der Waals surface area (Å²) in [6, 6.07) is 6.12. The number of aryl methyl sites for hydroxylation is 2. The molecule has 2 aromatic rings. The molecule has 0 aromatic carbocycles. The molecule has 0 bridgehead atoms. The van der Waals surface area contributed by atoms with E-state index in [0.717, 1.165) is 18.1 Å². The molecule has 1 atom stereocenters. The molecule has 2 aromatic heterocycles. The van der Waals surface area contributed by atoms with Crippen LogP contribution in [-0.4, -0.2) is 11.5 Å². The summed E-state index contributed by atoms with van der Waals surface area (Å²) in [7, 11) is 0. The van der Waals surface area contributed by atoms with Gasteiger partial charge in [-0.2, -0.15) is 0 Å². The number of hydrogen-bond donors (Lipinski definition) is 1. The van der Waals surface area contributed by atoms with Gasteiger partial charge in [0.2, 0.25) is 0 Å². The van der Waals surface area contributed by atoms with Gasteiger partial charge in [-0.25, -0.2) is 0 Å². The molecule has 3 heteroatoms. The molecule has 0 fully saturated rings. The van der Waals surface area contributed by atoms with Crippen LogP contribution in [0, 0.1) is 13.8 Å². The number of hydrogen-bond acceptors (Lipinski definition) is 3. The predicted molar refractivity (Wildman–Crippen MR) is 67.9 cm³/mol. The summed E-state index contributed by atoms with van der Waals surface area (Å²) < 4.78 is 5.72. The molecule has 0 aliphatic carbocycles. The van der Waals surface area contributed by atoms with Gasteiger partial charge >= 0.3 is 0 Å². The van der Waals surface area contributed by atoms with E-state index in [2.05, 4.69) is 24.1 Å². The molecular weight excluding hydrogens is 212 g/mol. The van der Waals surface area contributed by atoms with Crippen molar-refractivity contribution in [2.24, 2.45) is 0 Å². The molecule has 0 saturated carbocycles. The third kappa shape index (κ3) is 2.56. The predicted octanol–water partition coefficient (Wildman–Crippen LogP) is 2.99. The highest BCUT2D eigenvalue weighted by molar-refractivity contribution is 5.31. The Balaban J connectivity index is 2.39. The van der Waals surface area contributed by atoms with Gasteiger partial charge in [0.25, 0.3) is 0 Å². The number of aromatic nitrogens is 1. The van der Waals surface area contributed by atoms with Crippen LogP contribution >= 0.6 is 0 Å². The van der Waals surface area contributed by atoms with E-state index in [1.165, 1.54) is 11.1 Å². The van der Waals surface area contributed by atoms with Crippen LogP contribution in [0.15, 0.2) is 35.0 Å². The summed E-state index contributed by atoms with van der Waals surface area (Å²) in [5.74, 6) is 1.88. The first-order valence-electron chi connectivity index (χ1n) is 5.92. The van der Waals surface area contributed by atoms with Gasteiger partial charge in [-0.15, -0.1) is 0 Å². The van der Waals surface area contributed by atoms with Gasteiger partial charge in [-0.1, -0.05) is 6.92 Å². The summed E-state index contributed by atoms with van der Waals surface area (Å²) in [5.41, 5.74) is 2.39. The maximum absolute atomic E-state index is 5.72. The summed E-state index contributed by atoms with van der Waals surface area (Å²) in [6.45, 7) is 7.03. The molecule has 0 saturated heterocycles. The first kappa shape index (κ1) is 11.9. The van der Waals surface area contributed by atoms with Crippen LogP contribution in [0.25, 0.3) is 0 Å². The first-order valence-corrected chi connectivity index (χ1v) is 5.92. The van der Waals surface area contributed by atoms with Crippen molar-refractivity contribution in [1.82, 2.24) is 10.3 Å². The Morgan fingerprint density at radius 2 is 2.12 bits per heavy atom. The number of nitrogens with zero attached hydrogens (tertiary/aromatic N) is 1. The highest BCUT2D eigenvalue weighted by atomic mass is 16.3. The largest absolute Gasteiger partial charge is 0.464 e. The Morgan fingerprint density at radius 3 is 2.71 bits per heavy atom. The lowest BCUT2D eigenvalue weighted by molar-refractivity contribution is 0.434. The van der Waals surface area contributed by atoms with E-state index in [0.29, 0.717) is 0 Å². The maximum atomic E-state index is 5.72. The fraction of sp³-hybridized carbons (Fsp3) is 0.357. The SMILES string of the molecule is CCNC(c1ccc(C)o1)c1cnccc1C. The molecule has 3 nitrogen and oxygen atoms in total. The Morgan fingerprint density at radius 1 is 1.29 bits per heavy atom. The molecule has 0 amide bonds. The molecule has 2 rings (SSSR count). The molecule has 1 N–H and O–H groups in total. The molecule has 17 heavy (non-hydrogen) atoms. The smallest absolute Gasteiger partial charge is 0.125 e. The minimum absolute atomic E-state index is 0.0856. The summed E-state index contributed by atoms with van der Waals surface area (Å²) in [5, 5.41) is 3.44. The van der Waals surface area contributed by atoms with Gasteiger partial charge in [0.05, 0.1) is 6.04 Å². The number of furan rings is 1. The average molecular weight is 230 g/mol. The molecule has 0 aliphatic rings. The minimum atomic E-state index is 0.0856. The standard InChI is InChI=1S/C14H18N2O/c1-4-16-14(13-6-5-11(3)17-13)12-9-15-8-7-10(12)2/h5-9,14,16H,4H2,1-3H3. The molecule has 1 unspecified atom stereocenters. The van der Waals surface area contributed by atoms with Crippen LogP contribution in [0.5, 0.6) is 0 Å².